The van der Waals surface area contributed by atoms with Crippen LogP contribution < -0.4 is 10.6 Å². The van der Waals surface area contributed by atoms with Gasteiger partial charge >= 0.3 is 0 Å². The van der Waals surface area contributed by atoms with Crippen LogP contribution in [0.3, 0.4) is 0 Å². The molecule has 2 N–H and O–H groups in total. The molecular weight excluding hydrogens is 364 g/mol. The number of rotatable bonds is 7. The maximum atomic E-state index is 12.5. The van der Waals surface area contributed by atoms with E-state index in [1.165, 1.54) is 11.3 Å². The van der Waals surface area contributed by atoms with E-state index < -0.39 is 6.10 Å². The maximum Gasteiger partial charge on any atom is 0.257 e. The summed E-state index contributed by atoms with van der Waals surface area (Å²) in [5.74, 6) is -0.0936. The van der Waals surface area contributed by atoms with E-state index in [1.54, 1.807) is 24.3 Å². The number of hydrogen-bond donors (Lipinski definition) is 2. The van der Waals surface area contributed by atoms with Crippen molar-refractivity contribution in [1.29, 1.82) is 0 Å². The van der Waals surface area contributed by atoms with Gasteiger partial charge in [-0.2, -0.15) is 0 Å². The molecule has 1 aromatic heterocycles. The molecule has 1 saturated heterocycles. The molecule has 2 amide bonds. The fourth-order valence-electron chi connectivity index (χ4n) is 3.00. The summed E-state index contributed by atoms with van der Waals surface area (Å²) in [7, 11) is 0. The van der Waals surface area contributed by atoms with Gasteiger partial charge in [-0.25, -0.2) is 0 Å². The molecule has 8 heteroatoms. The lowest BCUT2D eigenvalue weighted by atomic mass is 10.1. The molecule has 0 spiro atoms. The Morgan fingerprint density at radius 1 is 1.26 bits per heavy atom. The molecule has 2 heterocycles. The highest BCUT2D eigenvalue weighted by atomic mass is 32.1. The summed E-state index contributed by atoms with van der Waals surface area (Å²) in [5.41, 5.74) is 1.01. The molecule has 1 atom stereocenters. The van der Waals surface area contributed by atoms with Gasteiger partial charge in [0.25, 0.3) is 11.8 Å². The lowest BCUT2D eigenvalue weighted by Gasteiger charge is -2.11. The summed E-state index contributed by atoms with van der Waals surface area (Å²) in [4.78, 5) is 24.7. The third-order valence-electron chi connectivity index (χ3n) is 4.61. The molecular formula is C19H24N4O3S. The van der Waals surface area contributed by atoms with Crippen LogP contribution in [0.15, 0.2) is 24.3 Å². The molecule has 0 saturated carbocycles. The van der Waals surface area contributed by atoms with Gasteiger partial charge in [-0.1, -0.05) is 31.3 Å². The van der Waals surface area contributed by atoms with Crippen molar-refractivity contribution in [3.05, 3.63) is 34.8 Å². The lowest BCUT2D eigenvalue weighted by Crippen LogP contribution is -2.27. The van der Waals surface area contributed by atoms with E-state index >= 15 is 0 Å². The lowest BCUT2D eigenvalue weighted by molar-refractivity contribution is -0.124. The van der Waals surface area contributed by atoms with Crippen molar-refractivity contribution < 1.29 is 14.3 Å². The SMILES string of the molecule is CCC(CC)c1nnc(NC(=O)c2cccc(NC(=O)C3CCCO3)c2)s1. The van der Waals surface area contributed by atoms with E-state index in [-0.39, 0.29) is 11.8 Å². The predicted octanol–water partition coefficient (Wildman–Crippen LogP) is 3.81. The summed E-state index contributed by atoms with van der Waals surface area (Å²) < 4.78 is 5.38. The number of ether oxygens (including phenoxy) is 1. The van der Waals surface area contributed by atoms with Gasteiger partial charge < -0.3 is 10.1 Å². The number of carbonyl (C=O) groups excluding carboxylic acids is 2. The molecule has 1 aliphatic rings. The van der Waals surface area contributed by atoms with E-state index in [4.69, 9.17) is 4.74 Å². The second-order valence-electron chi connectivity index (χ2n) is 6.48. The van der Waals surface area contributed by atoms with Crippen LogP contribution in [0.5, 0.6) is 0 Å². The standard InChI is InChI=1S/C19H24N4O3S/c1-3-12(4-2)18-22-23-19(27-18)21-16(24)13-7-5-8-14(11-13)20-17(25)15-9-6-10-26-15/h5,7-8,11-12,15H,3-4,6,9-10H2,1-2H3,(H,20,25)(H,21,23,24). The first-order valence-electron chi connectivity index (χ1n) is 9.28. The molecule has 27 heavy (non-hydrogen) atoms. The summed E-state index contributed by atoms with van der Waals surface area (Å²) >= 11 is 1.40. The summed E-state index contributed by atoms with van der Waals surface area (Å²) in [6.45, 7) is 4.84. The van der Waals surface area contributed by atoms with Crippen LogP contribution in [0.25, 0.3) is 0 Å². The normalized spacial score (nSPS) is 16.5. The van der Waals surface area contributed by atoms with E-state index in [9.17, 15) is 9.59 Å². The molecule has 1 aromatic carbocycles. The summed E-state index contributed by atoms with van der Waals surface area (Å²) in [6, 6.07) is 6.82. The minimum atomic E-state index is -0.410. The molecule has 2 aromatic rings. The molecule has 0 aliphatic carbocycles. The molecule has 1 unspecified atom stereocenters. The van der Waals surface area contributed by atoms with Gasteiger partial charge in [-0.05, 0) is 43.9 Å². The second-order valence-corrected chi connectivity index (χ2v) is 7.49. The van der Waals surface area contributed by atoms with Gasteiger partial charge in [0, 0.05) is 23.8 Å². The number of carbonyl (C=O) groups is 2. The van der Waals surface area contributed by atoms with Crippen molar-refractivity contribution >= 4 is 34.0 Å². The molecule has 7 nitrogen and oxygen atoms in total. The van der Waals surface area contributed by atoms with E-state index in [2.05, 4.69) is 34.7 Å². The van der Waals surface area contributed by atoms with Gasteiger partial charge in [-0.15, -0.1) is 10.2 Å². The maximum absolute atomic E-state index is 12.5. The van der Waals surface area contributed by atoms with Gasteiger partial charge in [-0.3, -0.25) is 14.9 Å². The van der Waals surface area contributed by atoms with Gasteiger partial charge in [0.05, 0.1) is 0 Å². The number of amides is 2. The van der Waals surface area contributed by atoms with Crippen molar-refractivity contribution in [2.45, 2.75) is 51.6 Å². The van der Waals surface area contributed by atoms with Gasteiger partial charge in [0.15, 0.2) is 0 Å². The first-order valence-corrected chi connectivity index (χ1v) is 10.1. The van der Waals surface area contributed by atoms with Crippen LogP contribution in [0.4, 0.5) is 10.8 Å². The number of nitrogens with zero attached hydrogens (tertiary/aromatic N) is 2. The first kappa shape index (κ1) is 19.4. The zero-order valence-corrected chi connectivity index (χ0v) is 16.3. The van der Waals surface area contributed by atoms with Crippen LogP contribution in [0, 0.1) is 0 Å². The highest BCUT2D eigenvalue weighted by Crippen LogP contribution is 2.28. The highest BCUT2D eigenvalue weighted by molar-refractivity contribution is 7.15. The first-order chi connectivity index (χ1) is 13.1. The smallest absolute Gasteiger partial charge is 0.257 e. The summed E-state index contributed by atoms with van der Waals surface area (Å²) in [6.07, 6.45) is 3.19. The average Bonchev–Trinajstić information content (AvgIpc) is 3.35. The Morgan fingerprint density at radius 3 is 2.78 bits per heavy atom. The summed E-state index contributed by atoms with van der Waals surface area (Å²) in [5, 5.41) is 15.3. The minimum Gasteiger partial charge on any atom is -0.368 e. The third-order valence-corrected chi connectivity index (χ3v) is 5.61. The second kappa shape index (κ2) is 9.05. The van der Waals surface area contributed by atoms with Crippen LogP contribution in [-0.2, 0) is 9.53 Å². The number of anilines is 2. The molecule has 1 fully saturated rings. The molecule has 0 radical (unpaired) electrons. The van der Waals surface area contributed by atoms with Crippen molar-refractivity contribution in [2.75, 3.05) is 17.2 Å². The fraction of sp³-hybridized carbons (Fsp3) is 0.474. The Labute approximate surface area is 162 Å². The predicted molar refractivity (Wildman–Crippen MR) is 105 cm³/mol. The third kappa shape index (κ3) is 4.90. The van der Waals surface area contributed by atoms with Gasteiger partial charge in [0.2, 0.25) is 5.13 Å². The van der Waals surface area contributed by atoms with Crippen LogP contribution in [0.1, 0.15) is 60.8 Å². The molecule has 3 rings (SSSR count). The average molecular weight is 388 g/mol. The topological polar surface area (TPSA) is 93.2 Å². The van der Waals surface area contributed by atoms with Crippen LogP contribution >= 0.6 is 11.3 Å². The quantitative estimate of drug-likeness (QED) is 0.752. The fourth-order valence-corrected chi connectivity index (χ4v) is 4.01. The zero-order valence-electron chi connectivity index (χ0n) is 15.5. The Morgan fingerprint density at radius 2 is 2.07 bits per heavy atom. The number of aromatic nitrogens is 2. The van der Waals surface area contributed by atoms with Crippen molar-refractivity contribution in [3.8, 4) is 0 Å². The van der Waals surface area contributed by atoms with Crippen LogP contribution in [-0.4, -0.2) is 34.7 Å². The minimum absolute atomic E-state index is 0.177. The monoisotopic (exact) mass is 388 g/mol. The molecule has 1 aliphatic heterocycles. The Bertz CT molecular complexity index is 798. The molecule has 144 valence electrons. The number of nitrogens with one attached hydrogen (secondary N) is 2. The Hall–Kier alpha value is -2.32. The van der Waals surface area contributed by atoms with Gasteiger partial charge in [0.1, 0.15) is 11.1 Å². The Balaban J connectivity index is 1.64. The van der Waals surface area contributed by atoms with E-state index in [1.807, 2.05) is 0 Å². The van der Waals surface area contributed by atoms with E-state index in [0.29, 0.717) is 28.9 Å². The largest absolute Gasteiger partial charge is 0.368 e. The van der Waals surface area contributed by atoms with Crippen molar-refractivity contribution in [2.24, 2.45) is 0 Å². The number of hydrogen-bond acceptors (Lipinski definition) is 6. The van der Waals surface area contributed by atoms with Crippen molar-refractivity contribution in [3.63, 3.8) is 0 Å². The highest BCUT2D eigenvalue weighted by Gasteiger charge is 2.23. The Kier molecular flexibility index (Phi) is 6.52. The van der Waals surface area contributed by atoms with Crippen molar-refractivity contribution in [1.82, 2.24) is 10.2 Å². The van der Waals surface area contributed by atoms with E-state index in [0.717, 1.165) is 30.7 Å². The number of benzene rings is 1. The molecule has 0 bridgehead atoms. The van der Waals surface area contributed by atoms with Crippen LogP contribution in [0.2, 0.25) is 0 Å². The zero-order chi connectivity index (χ0) is 19.2.